The first kappa shape index (κ1) is 19.8. The van der Waals surface area contributed by atoms with Gasteiger partial charge in [-0.1, -0.05) is 23.2 Å². The number of hydrogen-bond acceptors (Lipinski definition) is 4. The molecule has 1 atom stereocenters. The Morgan fingerprint density at radius 3 is 2.41 bits per heavy atom. The number of anilines is 1. The van der Waals surface area contributed by atoms with Crippen molar-refractivity contribution in [3.63, 3.8) is 0 Å². The first-order chi connectivity index (χ1) is 12.9. The van der Waals surface area contributed by atoms with E-state index in [4.69, 9.17) is 32.7 Å². The SMILES string of the molecule is COc1cc2c(cc1OC)CN([C@@H](C)C(=O)Nc1ccc(Cl)cc1Cl)CC2. The van der Waals surface area contributed by atoms with Gasteiger partial charge in [0.05, 0.1) is 31.0 Å². The summed E-state index contributed by atoms with van der Waals surface area (Å²) in [4.78, 5) is 14.8. The van der Waals surface area contributed by atoms with Crippen molar-refractivity contribution in [2.45, 2.75) is 25.9 Å². The number of benzene rings is 2. The molecular formula is C20H22Cl2N2O3. The molecule has 7 heteroatoms. The van der Waals surface area contributed by atoms with Crippen molar-refractivity contribution >= 4 is 34.8 Å². The summed E-state index contributed by atoms with van der Waals surface area (Å²) < 4.78 is 10.8. The molecule has 0 bridgehead atoms. The number of hydrogen-bond donors (Lipinski definition) is 1. The van der Waals surface area contributed by atoms with Crippen molar-refractivity contribution in [1.29, 1.82) is 0 Å². The van der Waals surface area contributed by atoms with Gasteiger partial charge >= 0.3 is 0 Å². The molecule has 2 aromatic carbocycles. The van der Waals surface area contributed by atoms with Crippen LogP contribution in [0, 0.1) is 0 Å². The van der Waals surface area contributed by atoms with Crippen molar-refractivity contribution in [2.24, 2.45) is 0 Å². The number of halogens is 2. The second-order valence-electron chi connectivity index (χ2n) is 6.49. The van der Waals surface area contributed by atoms with E-state index in [1.165, 1.54) is 5.56 Å². The molecule has 0 radical (unpaired) electrons. The minimum atomic E-state index is -0.307. The third-order valence-electron chi connectivity index (χ3n) is 4.86. The molecule has 1 N–H and O–H groups in total. The van der Waals surface area contributed by atoms with Crippen LogP contribution in [0.5, 0.6) is 11.5 Å². The van der Waals surface area contributed by atoms with Crippen LogP contribution in [-0.4, -0.2) is 37.6 Å². The molecule has 27 heavy (non-hydrogen) atoms. The minimum absolute atomic E-state index is 0.108. The summed E-state index contributed by atoms with van der Waals surface area (Å²) >= 11 is 12.1. The minimum Gasteiger partial charge on any atom is -0.493 e. The van der Waals surface area contributed by atoms with Gasteiger partial charge in [0.2, 0.25) is 5.91 Å². The van der Waals surface area contributed by atoms with Crippen LogP contribution in [0.4, 0.5) is 5.69 Å². The van der Waals surface area contributed by atoms with E-state index >= 15 is 0 Å². The fourth-order valence-electron chi connectivity index (χ4n) is 3.23. The number of amides is 1. The highest BCUT2D eigenvalue weighted by atomic mass is 35.5. The maximum atomic E-state index is 12.7. The zero-order valence-corrected chi connectivity index (χ0v) is 17.0. The summed E-state index contributed by atoms with van der Waals surface area (Å²) in [5.74, 6) is 1.32. The highest BCUT2D eigenvalue weighted by Gasteiger charge is 2.27. The molecule has 0 fully saturated rings. The third kappa shape index (κ3) is 4.32. The predicted molar refractivity (Wildman–Crippen MR) is 108 cm³/mol. The maximum Gasteiger partial charge on any atom is 0.241 e. The molecule has 0 aromatic heterocycles. The highest BCUT2D eigenvalue weighted by Crippen LogP contribution is 2.34. The molecule has 0 spiro atoms. The molecule has 0 unspecified atom stereocenters. The lowest BCUT2D eigenvalue weighted by Gasteiger charge is -2.33. The van der Waals surface area contributed by atoms with Crippen LogP contribution in [-0.2, 0) is 17.8 Å². The van der Waals surface area contributed by atoms with E-state index < -0.39 is 0 Å². The first-order valence-corrected chi connectivity index (χ1v) is 9.42. The predicted octanol–water partition coefficient (Wildman–Crippen LogP) is 4.40. The van der Waals surface area contributed by atoms with Crippen molar-refractivity contribution in [3.8, 4) is 11.5 Å². The Kier molecular flexibility index (Phi) is 6.15. The molecule has 1 amide bonds. The molecule has 1 heterocycles. The van der Waals surface area contributed by atoms with Gasteiger partial charge in [-0.25, -0.2) is 0 Å². The lowest BCUT2D eigenvalue weighted by atomic mass is 9.97. The summed E-state index contributed by atoms with van der Waals surface area (Å²) in [6, 6.07) is 8.71. The van der Waals surface area contributed by atoms with Crippen LogP contribution in [0.3, 0.4) is 0 Å². The van der Waals surface area contributed by atoms with E-state index in [2.05, 4.69) is 10.2 Å². The number of nitrogens with zero attached hydrogens (tertiary/aromatic N) is 1. The quantitative estimate of drug-likeness (QED) is 0.796. The van der Waals surface area contributed by atoms with Gasteiger partial charge in [-0.15, -0.1) is 0 Å². The number of fused-ring (bicyclic) bond motifs is 1. The van der Waals surface area contributed by atoms with Crippen molar-refractivity contribution in [3.05, 3.63) is 51.5 Å². The molecule has 144 valence electrons. The Labute approximate surface area is 169 Å². The Morgan fingerprint density at radius 2 is 1.78 bits per heavy atom. The Balaban J connectivity index is 1.73. The summed E-state index contributed by atoms with van der Waals surface area (Å²) in [5, 5.41) is 3.83. The molecule has 3 rings (SSSR count). The van der Waals surface area contributed by atoms with Crippen LogP contribution >= 0.6 is 23.2 Å². The van der Waals surface area contributed by atoms with Gasteiger partial charge in [0.25, 0.3) is 0 Å². The van der Waals surface area contributed by atoms with Crippen LogP contribution in [0.1, 0.15) is 18.1 Å². The van der Waals surface area contributed by atoms with E-state index in [1.54, 1.807) is 32.4 Å². The third-order valence-corrected chi connectivity index (χ3v) is 5.41. The van der Waals surface area contributed by atoms with Crippen LogP contribution in [0.25, 0.3) is 0 Å². The lowest BCUT2D eigenvalue weighted by molar-refractivity contribution is -0.121. The number of methoxy groups -OCH3 is 2. The second-order valence-corrected chi connectivity index (χ2v) is 7.33. The molecular weight excluding hydrogens is 387 g/mol. The van der Waals surface area contributed by atoms with E-state index in [-0.39, 0.29) is 11.9 Å². The molecule has 0 aliphatic carbocycles. The fourth-order valence-corrected chi connectivity index (χ4v) is 3.69. The average molecular weight is 409 g/mol. The van der Waals surface area contributed by atoms with Gasteiger partial charge in [0.1, 0.15) is 0 Å². The number of rotatable bonds is 5. The second kappa shape index (κ2) is 8.38. The zero-order chi connectivity index (χ0) is 19.6. The zero-order valence-electron chi connectivity index (χ0n) is 15.5. The average Bonchev–Trinajstić information content (AvgIpc) is 2.67. The summed E-state index contributed by atoms with van der Waals surface area (Å²) in [5.41, 5.74) is 2.92. The van der Waals surface area contributed by atoms with Gasteiger partial charge in [0.15, 0.2) is 11.5 Å². The standard InChI is InChI=1S/C20H22Cl2N2O3/c1-12(20(25)23-17-5-4-15(21)10-16(17)22)24-7-6-13-8-18(26-2)19(27-3)9-14(13)11-24/h4-5,8-10,12H,6-7,11H2,1-3H3,(H,23,25)/t12-/m0/s1. The van der Waals surface area contributed by atoms with Gasteiger partial charge in [-0.05, 0) is 54.8 Å². The number of carbonyl (C=O) groups excluding carboxylic acids is 1. The molecule has 5 nitrogen and oxygen atoms in total. The molecule has 1 aliphatic heterocycles. The Morgan fingerprint density at radius 1 is 1.11 bits per heavy atom. The van der Waals surface area contributed by atoms with Gasteiger partial charge in [-0.3, -0.25) is 9.69 Å². The topological polar surface area (TPSA) is 50.8 Å². The number of nitrogens with one attached hydrogen (secondary N) is 1. The smallest absolute Gasteiger partial charge is 0.241 e. The van der Waals surface area contributed by atoms with E-state index in [0.29, 0.717) is 28.0 Å². The van der Waals surface area contributed by atoms with Crippen LogP contribution in [0.2, 0.25) is 10.0 Å². The first-order valence-electron chi connectivity index (χ1n) is 8.66. The maximum absolute atomic E-state index is 12.7. The number of carbonyl (C=O) groups is 1. The molecule has 0 saturated heterocycles. The van der Waals surface area contributed by atoms with Gasteiger partial charge in [0, 0.05) is 18.1 Å². The highest BCUT2D eigenvalue weighted by molar-refractivity contribution is 6.36. The van der Waals surface area contributed by atoms with E-state index in [0.717, 1.165) is 24.3 Å². The monoisotopic (exact) mass is 408 g/mol. The normalized spacial score (nSPS) is 15.0. The fraction of sp³-hybridized carbons (Fsp3) is 0.350. The van der Waals surface area contributed by atoms with E-state index in [9.17, 15) is 4.79 Å². The van der Waals surface area contributed by atoms with Crippen molar-refractivity contribution in [1.82, 2.24) is 4.90 Å². The van der Waals surface area contributed by atoms with Gasteiger partial charge in [-0.2, -0.15) is 0 Å². The molecule has 2 aromatic rings. The molecule has 0 saturated carbocycles. The summed E-state index contributed by atoms with van der Waals surface area (Å²) in [6.07, 6.45) is 0.842. The lowest BCUT2D eigenvalue weighted by Crippen LogP contribution is -2.44. The van der Waals surface area contributed by atoms with Crippen LogP contribution in [0.15, 0.2) is 30.3 Å². The Hall–Kier alpha value is -1.95. The van der Waals surface area contributed by atoms with Crippen molar-refractivity contribution < 1.29 is 14.3 Å². The van der Waals surface area contributed by atoms with Gasteiger partial charge < -0.3 is 14.8 Å². The molecule has 1 aliphatic rings. The summed E-state index contributed by atoms with van der Waals surface area (Å²) in [7, 11) is 3.25. The summed E-state index contributed by atoms with van der Waals surface area (Å²) in [6.45, 7) is 3.34. The Bertz CT molecular complexity index is 857. The largest absolute Gasteiger partial charge is 0.493 e. The van der Waals surface area contributed by atoms with E-state index in [1.807, 2.05) is 19.1 Å². The van der Waals surface area contributed by atoms with Crippen LogP contribution < -0.4 is 14.8 Å². The van der Waals surface area contributed by atoms with Crippen molar-refractivity contribution in [2.75, 3.05) is 26.1 Å². The number of ether oxygens (including phenoxy) is 2.